The fourth-order valence-electron chi connectivity index (χ4n) is 1.33. The van der Waals surface area contributed by atoms with Crippen LogP contribution in [0, 0.1) is 0 Å². The van der Waals surface area contributed by atoms with Gasteiger partial charge in [-0.25, -0.2) is 0 Å². The van der Waals surface area contributed by atoms with Gasteiger partial charge in [-0.05, 0) is 0 Å². The number of halogens is 2. The Bertz CT molecular complexity index is 462. The van der Waals surface area contributed by atoms with Gasteiger partial charge in [0, 0.05) is 10.8 Å². The lowest BCUT2D eigenvalue weighted by molar-refractivity contribution is 0.408. The molecule has 14 heavy (non-hydrogen) atoms. The highest BCUT2D eigenvalue weighted by molar-refractivity contribution is 6.46. The van der Waals surface area contributed by atoms with E-state index in [1.54, 1.807) is 24.3 Å². The molecule has 0 aliphatic heterocycles. The van der Waals surface area contributed by atoms with Gasteiger partial charge in [-0.1, -0.05) is 47.5 Å². The Hall–Kier alpha value is -1.12. The summed E-state index contributed by atoms with van der Waals surface area (Å²) in [5.41, 5.74) is 0. The van der Waals surface area contributed by atoms with Crippen LogP contribution in [0.15, 0.2) is 24.3 Å². The number of benzene rings is 2. The van der Waals surface area contributed by atoms with Crippen molar-refractivity contribution in [3.8, 4) is 11.5 Å². The fourth-order valence-corrected chi connectivity index (χ4v) is 1.78. The lowest BCUT2D eigenvalue weighted by atomic mass is 10.1. The summed E-state index contributed by atoms with van der Waals surface area (Å²) < 4.78 is 0. The van der Waals surface area contributed by atoms with E-state index in [2.05, 4.69) is 0 Å². The highest BCUT2D eigenvalue weighted by Crippen LogP contribution is 2.45. The monoisotopic (exact) mass is 228 g/mol. The van der Waals surface area contributed by atoms with Crippen LogP contribution >= 0.6 is 23.2 Å². The first-order valence-corrected chi connectivity index (χ1v) is 4.66. The van der Waals surface area contributed by atoms with Gasteiger partial charge in [0.1, 0.15) is 5.02 Å². The lowest BCUT2D eigenvalue weighted by Gasteiger charge is -2.07. The molecular formula is C10H6Cl2O2. The Kier molecular flexibility index (Phi) is 2.17. The molecule has 2 aromatic carbocycles. The molecule has 0 aliphatic rings. The van der Waals surface area contributed by atoms with Crippen LogP contribution in [0.3, 0.4) is 0 Å². The first kappa shape index (κ1) is 9.44. The molecule has 0 saturated carbocycles. The molecular weight excluding hydrogens is 223 g/mol. The number of hydrogen-bond acceptors (Lipinski definition) is 2. The van der Waals surface area contributed by atoms with Gasteiger partial charge >= 0.3 is 0 Å². The molecule has 0 fully saturated rings. The van der Waals surface area contributed by atoms with E-state index < -0.39 is 0 Å². The van der Waals surface area contributed by atoms with Crippen molar-refractivity contribution in [1.29, 1.82) is 0 Å². The molecule has 2 aromatic rings. The van der Waals surface area contributed by atoms with Gasteiger partial charge in [0.2, 0.25) is 0 Å². The molecule has 0 saturated heterocycles. The predicted molar refractivity (Wildman–Crippen MR) is 57.3 cm³/mol. The van der Waals surface area contributed by atoms with E-state index in [9.17, 15) is 10.2 Å². The number of hydrogen-bond donors (Lipinski definition) is 2. The van der Waals surface area contributed by atoms with Crippen LogP contribution in [0.2, 0.25) is 10.0 Å². The Morgan fingerprint density at radius 1 is 0.786 bits per heavy atom. The van der Waals surface area contributed by atoms with Crippen molar-refractivity contribution in [3.05, 3.63) is 34.3 Å². The molecule has 4 heteroatoms. The first-order valence-electron chi connectivity index (χ1n) is 3.90. The van der Waals surface area contributed by atoms with Crippen LogP contribution in [-0.2, 0) is 0 Å². The first-order chi connectivity index (χ1) is 6.63. The Morgan fingerprint density at radius 3 is 2.00 bits per heavy atom. The third-order valence-corrected chi connectivity index (χ3v) is 2.90. The molecule has 0 heterocycles. The average Bonchev–Trinajstić information content (AvgIpc) is 2.23. The molecule has 2 N–H and O–H groups in total. The minimum Gasteiger partial charge on any atom is -0.504 e. The van der Waals surface area contributed by atoms with Crippen LogP contribution in [-0.4, -0.2) is 10.2 Å². The Morgan fingerprint density at radius 2 is 1.36 bits per heavy atom. The normalized spacial score (nSPS) is 10.7. The van der Waals surface area contributed by atoms with Gasteiger partial charge in [0.05, 0.1) is 5.02 Å². The number of rotatable bonds is 0. The van der Waals surface area contributed by atoms with Crippen LogP contribution in [0.5, 0.6) is 11.5 Å². The lowest BCUT2D eigenvalue weighted by Crippen LogP contribution is -1.79. The maximum Gasteiger partial charge on any atom is 0.178 e. The van der Waals surface area contributed by atoms with Crippen molar-refractivity contribution in [2.45, 2.75) is 0 Å². The maximum absolute atomic E-state index is 9.57. The predicted octanol–water partition coefficient (Wildman–Crippen LogP) is 3.56. The zero-order valence-corrected chi connectivity index (χ0v) is 8.47. The quantitative estimate of drug-likeness (QED) is 0.678. The summed E-state index contributed by atoms with van der Waals surface area (Å²) in [6.45, 7) is 0. The van der Waals surface area contributed by atoms with E-state index in [1.807, 2.05) is 0 Å². The van der Waals surface area contributed by atoms with E-state index in [0.717, 1.165) is 0 Å². The van der Waals surface area contributed by atoms with E-state index in [0.29, 0.717) is 10.8 Å². The molecule has 0 aromatic heterocycles. The molecule has 0 unspecified atom stereocenters. The minimum absolute atomic E-state index is 0.0251. The number of phenolic OH excluding ortho intramolecular Hbond substituents is 2. The van der Waals surface area contributed by atoms with Crippen LogP contribution in [0.1, 0.15) is 0 Å². The number of phenols is 2. The standard InChI is InChI=1S/C10H6Cl2O2/c11-7-5-3-1-2-4-6(5)9(13)10(14)8(7)12/h1-4,13-14H. The zero-order chi connectivity index (χ0) is 10.3. The summed E-state index contributed by atoms with van der Waals surface area (Å²) in [5, 5.41) is 20.3. The summed E-state index contributed by atoms with van der Waals surface area (Å²) >= 11 is 11.6. The smallest absolute Gasteiger partial charge is 0.178 e. The van der Waals surface area contributed by atoms with Crippen LogP contribution in [0.4, 0.5) is 0 Å². The molecule has 0 spiro atoms. The minimum atomic E-state index is -0.379. The van der Waals surface area contributed by atoms with Crippen LogP contribution in [0.25, 0.3) is 10.8 Å². The van der Waals surface area contributed by atoms with Gasteiger partial charge in [-0.2, -0.15) is 0 Å². The fraction of sp³-hybridized carbons (Fsp3) is 0. The second kappa shape index (κ2) is 3.23. The Labute approximate surface area is 90.3 Å². The summed E-state index contributed by atoms with van der Waals surface area (Å²) in [7, 11) is 0. The second-order valence-electron chi connectivity index (χ2n) is 2.87. The van der Waals surface area contributed by atoms with Crippen LogP contribution < -0.4 is 0 Å². The highest BCUT2D eigenvalue weighted by atomic mass is 35.5. The van der Waals surface area contributed by atoms with Crippen molar-refractivity contribution in [3.63, 3.8) is 0 Å². The van der Waals surface area contributed by atoms with Gasteiger partial charge < -0.3 is 10.2 Å². The molecule has 2 rings (SSSR count). The zero-order valence-electron chi connectivity index (χ0n) is 6.96. The van der Waals surface area contributed by atoms with Gasteiger partial charge in [-0.15, -0.1) is 0 Å². The second-order valence-corrected chi connectivity index (χ2v) is 3.63. The van der Waals surface area contributed by atoms with Crippen molar-refractivity contribution in [1.82, 2.24) is 0 Å². The van der Waals surface area contributed by atoms with Crippen molar-refractivity contribution >= 4 is 34.0 Å². The van der Waals surface area contributed by atoms with E-state index >= 15 is 0 Å². The SMILES string of the molecule is Oc1c(Cl)c(Cl)c2ccccc2c1O. The molecule has 0 amide bonds. The molecule has 2 nitrogen and oxygen atoms in total. The van der Waals surface area contributed by atoms with E-state index in [1.165, 1.54) is 0 Å². The number of fused-ring (bicyclic) bond motifs is 1. The molecule has 72 valence electrons. The molecule has 0 bridgehead atoms. The molecule has 0 radical (unpaired) electrons. The highest BCUT2D eigenvalue weighted by Gasteiger charge is 2.15. The third-order valence-electron chi connectivity index (χ3n) is 2.04. The van der Waals surface area contributed by atoms with Gasteiger partial charge in [0.25, 0.3) is 0 Å². The van der Waals surface area contributed by atoms with Gasteiger partial charge in [0.15, 0.2) is 11.5 Å². The van der Waals surface area contributed by atoms with E-state index in [-0.39, 0.29) is 21.5 Å². The third kappa shape index (κ3) is 1.19. The topological polar surface area (TPSA) is 40.5 Å². The van der Waals surface area contributed by atoms with E-state index in [4.69, 9.17) is 23.2 Å². The average molecular weight is 229 g/mol. The largest absolute Gasteiger partial charge is 0.504 e. The maximum atomic E-state index is 9.57. The summed E-state index contributed by atoms with van der Waals surface area (Å²) in [6, 6.07) is 6.90. The summed E-state index contributed by atoms with van der Waals surface area (Å²) in [5.74, 6) is -0.620. The van der Waals surface area contributed by atoms with Crippen molar-refractivity contribution in [2.75, 3.05) is 0 Å². The van der Waals surface area contributed by atoms with Gasteiger partial charge in [-0.3, -0.25) is 0 Å². The van der Waals surface area contributed by atoms with Crippen molar-refractivity contribution in [2.24, 2.45) is 0 Å². The molecule has 0 atom stereocenters. The summed E-state index contributed by atoms with van der Waals surface area (Å²) in [4.78, 5) is 0. The Balaban J connectivity index is 3.02. The summed E-state index contributed by atoms with van der Waals surface area (Å²) in [6.07, 6.45) is 0. The molecule has 0 aliphatic carbocycles. The number of aromatic hydroxyl groups is 2. The van der Waals surface area contributed by atoms with Crippen molar-refractivity contribution < 1.29 is 10.2 Å².